The Bertz CT molecular complexity index is 1370. The summed E-state index contributed by atoms with van der Waals surface area (Å²) in [6.07, 6.45) is 2.46. The van der Waals surface area contributed by atoms with Crippen LogP contribution in [0.2, 0.25) is 10.0 Å². The second-order valence-electron chi connectivity index (χ2n) is 10.6. The van der Waals surface area contributed by atoms with Crippen LogP contribution in [0.5, 0.6) is 0 Å². The molecule has 12 heteroatoms. The number of benzene rings is 2. The highest BCUT2D eigenvalue weighted by Crippen LogP contribution is 2.31. The van der Waals surface area contributed by atoms with Crippen LogP contribution in [-0.2, 0) is 35.4 Å². The maximum absolute atomic E-state index is 13.9. The Morgan fingerprint density at radius 3 is 2.54 bits per heavy atom. The summed E-state index contributed by atoms with van der Waals surface area (Å²) in [7, 11) is -2.87. The van der Waals surface area contributed by atoms with Crippen LogP contribution in [0, 0.1) is 0 Å². The van der Waals surface area contributed by atoms with Crippen molar-refractivity contribution in [1.29, 1.82) is 0 Å². The number of ketones is 1. The molecule has 1 amide bonds. The van der Waals surface area contributed by atoms with Gasteiger partial charge in [-0.3, -0.25) is 19.3 Å². The van der Waals surface area contributed by atoms with E-state index in [-0.39, 0.29) is 52.3 Å². The Balaban J connectivity index is 1.58. The van der Waals surface area contributed by atoms with Gasteiger partial charge in [-0.15, -0.1) is 0 Å². The van der Waals surface area contributed by atoms with Crippen molar-refractivity contribution in [2.24, 2.45) is 5.73 Å². The number of ether oxygens (including phenoxy) is 1. The highest BCUT2D eigenvalue weighted by atomic mass is 35.5. The van der Waals surface area contributed by atoms with Gasteiger partial charge in [0.15, 0.2) is 15.6 Å². The number of hydrogen-bond donors (Lipinski definition) is 1. The Morgan fingerprint density at radius 1 is 1.12 bits per heavy atom. The molecule has 0 bridgehead atoms. The molecule has 0 saturated carbocycles. The first-order valence-corrected chi connectivity index (χ1v) is 16.0. The highest BCUT2D eigenvalue weighted by Gasteiger charge is 2.46. The van der Waals surface area contributed by atoms with Crippen LogP contribution < -0.4 is 5.73 Å². The molecule has 2 aromatic carbocycles. The van der Waals surface area contributed by atoms with E-state index >= 15 is 0 Å². The summed E-state index contributed by atoms with van der Waals surface area (Å²) in [5, 5.41) is 0.230. The van der Waals surface area contributed by atoms with Crippen molar-refractivity contribution >= 4 is 50.7 Å². The van der Waals surface area contributed by atoms with E-state index in [1.54, 1.807) is 0 Å². The molecule has 1 unspecified atom stereocenters. The molecular weight excluding hydrogens is 589 g/mol. The van der Waals surface area contributed by atoms with Crippen molar-refractivity contribution < 1.29 is 27.5 Å². The van der Waals surface area contributed by atoms with Crippen LogP contribution in [0.3, 0.4) is 0 Å². The van der Waals surface area contributed by atoms with Crippen LogP contribution in [0.4, 0.5) is 0 Å². The van der Waals surface area contributed by atoms with Gasteiger partial charge in [0, 0.05) is 31.6 Å². The number of halogens is 2. The Labute approximate surface area is 250 Å². The van der Waals surface area contributed by atoms with Gasteiger partial charge in [-0.2, -0.15) is 0 Å². The lowest BCUT2D eigenvalue weighted by Crippen LogP contribution is -2.51. The molecule has 0 radical (unpaired) electrons. The van der Waals surface area contributed by atoms with Crippen molar-refractivity contribution in [2.75, 3.05) is 26.0 Å². The fourth-order valence-corrected chi connectivity index (χ4v) is 7.45. The first kappa shape index (κ1) is 31.4. The van der Waals surface area contributed by atoms with Gasteiger partial charge in [-0.05, 0) is 55.9 Å². The van der Waals surface area contributed by atoms with Gasteiger partial charge in [0.1, 0.15) is 5.75 Å². The maximum atomic E-state index is 13.9. The smallest absolute Gasteiger partial charge is 0.305 e. The molecule has 2 N–H and O–H groups in total. The average molecular weight is 625 g/mol. The lowest BCUT2D eigenvalue weighted by Gasteiger charge is -2.32. The van der Waals surface area contributed by atoms with E-state index in [4.69, 9.17) is 33.7 Å². The molecule has 0 aliphatic carbocycles. The third kappa shape index (κ3) is 7.67. The van der Waals surface area contributed by atoms with Crippen molar-refractivity contribution in [1.82, 2.24) is 9.80 Å². The van der Waals surface area contributed by atoms with Gasteiger partial charge < -0.3 is 15.4 Å². The number of nitrogens with zero attached hydrogens (tertiary/aromatic N) is 2. The first-order valence-electron chi connectivity index (χ1n) is 13.6. The molecule has 0 spiro atoms. The number of fused-ring (bicyclic) bond motifs is 1. The molecule has 9 nitrogen and oxygen atoms in total. The first-order chi connectivity index (χ1) is 19.5. The third-order valence-electron chi connectivity index (χ3n) is 7.90. The molecule has 4 rings (SSSR count). The molecular formula is C29H35Cl2N3O6S. The monoisotopic (exact) mass is 623 g/mol. The summed E-state index contributed by atoms with van der Waals surface area (Å²) in [4.78, 5) is 43.1. The van der Waals surface area contributed by atoms with Gasteiger partial charge in [0.25, 0.3) is 0 Å². The minimum Gasteiger partial charge on any atom is -0.469 e. The SMILES string of the molecule is COC(=O)CC[C@H](C(=O)CS(=O)(=O)c1ccc(Cl)c(Cl)c1)N1CCC(CCc2ccccc2)N2C[C@H](N)C[C@H]2C1=O. The Kier molecular flexibility index (Phi) is 10.5. The zero-order chi connectivity index (χ0) is 29.7. The van der Waals surface area contributed by atoms with Crippen molar-refractivity contribution in [2.45, 2.75) is 67.6 Å². The van der Waals surface area contributed by atoms with Crippen molar-refractivity contribution in [3.63, 3.8) is 0 Å². The molecule has 41 heavy (non-hydrogen) atoms. The summed E-state index contributed by atoms with van der Waals surface area (Å²) >= 11 is 12.0. The predicted octanol–water partition coefficient (Wildman–Crippen LogP) is 3.29. The summed E-state index contributed by atoms with van der Waals surface area (Å²) < 4.78 is 31.1. The fraction of sp³-hybridized carbons (Fsp3) is 0.483. The van der Waals surface area contributed by atoms with Crippen LogP contribution in [0.1, 0.15) is 37.7 Å². The lowest BCUT2D eigenvalue weighted by molar-refractivity contribution is -0.144. The maximum Gasteiger partial charge on any atom is 0.305 e. The molecule has 4 atom stereocenters. The van der Waals surface area contributed by atoms with Crippen LogP contribution in [0.15, 0.2) is 53.4 Å². The number of rotatable bonds is 11. The topological polar surface area (TPSA) is 127 Å². The number of esters is 1. The van der Waals surface area contributed by atoms with E-state index in [9.17, 15) is 22.8 Å². The number of carbonyl (C=O) groups excluding carboxylic acids is 3. The van der Waals surface area contributed by atoms with Crippen LogP contribution >= 0.6 is 23.2 Å². The molecule has 2 aliphatic rings. The predicted molar refractivity (Wildman–Crippen MR) is 157 cm³/mol. The van der Waals surface area contributed by atoms with Crippen LogP contribution in [0.25, 0.3) is 0 Å². The molecule has 2 fully saturated rings. The number of sulfone groups is 1. The van der Waals surface area contributed by atoms with Gasteiger partial charge in [-0.1, -0.05) is 53.5 Å². The number of aryl methyl sites for hydroxylation is 1. The molecule has 2 aliphatic heterocycles. The number of nitrogens with two attached hydrogens (primary N) is 1. The third-order valence-corrected chi connectivity index (χ3v) is 10.3. The second-order valence-corrected chi connectivity index (χ2v) is 13.4. The van der Waals surface area contributed by atoms with Crippen molar-refractivity contribution in [3.8, 4) is 0 Å². The normalized spacial score (nSPS) is 22.2. The van der Waals surface area contributed by atoms with E-state index in [2.05, 4.69) is 17.0 Å². The molecule has 0 aromatic heterocycles. The van der Waals surface area contributed by atoms with E-state index in [0.717, 1.165) is 12.8 Å². The molecule has 2 saturated heterocycles. The summed E-state index contributed by atoms with van der Waals surface area (Å²) in [6, 6.07) is 12.1. The number of carbonyl (C=O) groups is 3. The Morgan fingerprint density at radius 2 is 1.85 bits per heavy atom. The zero-order valence-corrected chi connectivity index (χ0v) is 25.2. The molecule has 2 heterocycles. The van der Waals surface area contributed by atoms with E-state index in [0.29, 0.717) is 19.4 Å². The van der Waals surface area contributed by atoms with Gasteiger partial charge >= 0.3 is 5.97 Å². The van der Waals surface area contributed by atoms with E-state index in [1.165, 1.54) is 35.8 Å². The quantitative estimate of drug-likeness (QED) is 0.378. The molecule has 2 aromatic rings. The number of Topliss-reactive ketones (excluding diaryl/α,β-unsaturated/α-hetero) is 1. The summed E-state index contributed by atoms with van der Waals surface area (Å²) in [5.41, 5.74) is 7.50. The Hall–Kier alpha value is -2.50. The van der Waals surface area contributed by atoms with E-state index in [1.807, 2.05) is 18.2 Å². The minimum absolute atomic E-state index is 0.0457. The van der Waals surface area contributed by atoms with Gasteiger partial charge in [-0.25, -0.2) is 8.42 Å². The fourth-order valence-electron chi connectivity index (χ4n) is 5.78. The highest BCUT2D eigenvalue weighted by molar-refractivity contribution is 7.92. The number of hydrogen-bond acceptors (Lipinski definition) is 8. The standard InChI is InChI=1S/C29H35Cl2N3O6S/c1-40-28(36)12-11-25(27(35)18-41(38,39)22-9-10-23(30)24(31)16-22)33-14-13-21(8-7-19-5-3-2-4-6-19)34-17-20(32)15-26(34)29(33)37/h2-6,9-10,16,20-21,25-26H,7-8,11-15,17-18,32H2,1H3/t20-,21?,25-,26+/m1/s1. The second kappa shape index (κ2) is 13.6. The number of methoxy groups -OCH3 is 1. The van der Waals surface area contributed by atoms with Gasteiger partial charge in [0.2, 0.25) is 5.91 Å². The van der Waals surface area contributed by atoms with Crippen molar-refractivity contribution in [3.05, 3.63) is 64.1 Å². The largest absolute Gasteiger partial charge is 0.469 e. The average Bonchev–Trinajstić information content (AvgIpc) is 3.29. The lowest BCUT2D eigenvalue weighted by atomic mass is 10.0. The zero-order valence-electron chi connectivity index (χ0n) is 22.9. The van der Waals surface area contributed by atoms with Gasteiger partial charge in [0.05, 0.1) is 34.1 Å². The summed E-state index contributed by atoms with van der Waals surface area (Å²) in [6.45, 7) is 0.821. The van der Waals surface area contributed by atoms with E-state index < -0.39 is 39.4 Å². The minimum atomic E-state index is -4.11. The van der Waals surface area contributed by atoms with Crippen LogP contribution in [-0.4, -0.2) is 86.0 Å². The summed E-state index contributed by atoms with van der Waals surface area (Å²) in [5.74, 6) is -2.35. The molecule has 222 valence electrons. The number of amides is 1.